The zero-order chi connectivity index (χ0) is 17.1. The highest BCUT2D eigenvalue weighted by Gasteiger charge is 2.47. The van der Waals surface area contributed by atoms with Gasteiger partial charge < -0.3 is 5.11 Å². The van der Waals surface area contributed by atoms with E-state index in [2.05, 4.69) is 0 Å². The van der Waals surface area contributed by atoms with E-state index in [1.165, 1.54) is 0 Å². The lowest BCUT2D eigenvalue weighted by Gasteiger charge is -2.16. The second-order valence-corrected chi connectivity index (χ2v) is 5.79. The Morgan fingerprint density at radius 2 is 1.82 bits per heavy atom. The quantitative estimate of drug-likeness (QED) is 0.587. The topological polar surface area (TPSA) is 127 Å². The highest BCUT2D eigenvalue weighted by atomic mass is 32.2. The molecule has 0 spiro atoms. The molecule has 1 aromatic rings. The zero-order valence-electron chi connectivity index (χ0n) is 10.6. The molecule has 1 rings (SSSR count). The molecule has 0 radical (unpaired) electrons. The molecule has 0 heterocycles. The molecule has 0 saturated carbocycles. The number of nitrogens with one attached hydrogen (secondary N) is 1. The van der Waals surface area contributed by atoms with Crippen LogP contribution in [-0.2, 0) is 21.2 Å². The number of nitrogens with zero attached hydrogens (tertiary/aromatic N) is 1. The maximum absolute atomic E-state index is 12.2. The Morgan fingerprint density at radius 1 is 1.32 bits per heavy atom. The minimum Gasteiger partial charge on any atom is -0.480 e. The van der Waals surface area contributed by atoms with Crippen molar-refractivity contribution in [2.45, 2.75) is 18.0 Å². The zero-order valence-corrected chi connectivity index (χ0v) is 11.4. The standard InChI is InChI=1S/C10H9F3N2O6S/c11-10(12,13)22(20,21)14-8(9(16)17)5-6-1-3-7(4-2-6)15(18)19/h1-4,8,14H,5H2,(H,16,17). The predicted octanol–water partition coefficient (Wildman–Crippen LogP) is 1.03. The van der Waals surface area contributed by atoms with E-state index >= 15 is 0 Å². The second-order valence-electron chi connectivity index (χ2n) is 4.09. The molecule has 0 aromatic heterocycles. The van der Waals surface area contributed by atoms with Gasteiger partial charge in [0.2, 0.25) is 0 Å². The van der Waals surface area contributed by atoms with E-state index in [9.17, 15) is 36.5 Å². The molecule has 1 atom stereocenters. The van der Waals surface area contributed by atoms with E-state index in [0.717, 1.165) is 29.0 Å². The Labute approximate surface area is 121 Å². The van der Waals surface area contributed by atoms with Crippen molar-refractivity contribution in [3.63, 3.8) is 0 Å². The summed E-state index contributed by atoms with van der Waals surface area (Å²) in [6.07, 6.45) is -0.608. The number of alkyl halides is 3. The number of halogens is 3. The molecule has 0 amide bonds. The van der Waals surface area contributed by atoms with E-state index in [1.807, 2.05) is 0 Å². The second kappa shape index (κ2) is 6.27. The minimum atomic E-state index is -5.82. The first-order valence-corrected chi connectivity index (χ1v) is 6.97. The fourth-order valence-corrected chi connectivity index (χ4v) is 2.12. The smallest absolute Gasteiger partial charge is 0.480 e. The third-order valence-electron chi connectivity index (χ3n) is 2.49. The highest BCUT2D eigenvalue weighted by molar-refractivity contribution is 7.90. The summed E-state index contributed by atoms with van der Waals surface area (Å²) in [5, 5.41) is 19.2. The molecule has 0 aliphatic rings. The van der Waals surface area contributed by atoms with Gasteiger partial charge in [0.25, 0.3) is 5.69 Å². The Bertz CT molecular complexity index is 671. The molecule has 0 saturated heterocycles. The maximum Gasteiger partial charge on any atom is 0.511 e. The van der Waals surface area contributed by atoms with Gasteiger partial charge in [0.15, 0.2) is 0 Å². The van der Waals surface area contributed by atoms with Gasteiger partial charge in [-0.3, -0.25) is 14.9 Å². The van der Waals surface area contributed by atoms with Crippen LogP contribution in [-0.4, -0.2) is 36.0 Å². The predicted molar refractivity (Wildman–Crippen MR) is 66.3 cm³/mol. The van der Waals surface area contributed by atoms with Crippen LogP contribution in [0.2, 0.25) is 0 Å². The number of benzene rings is 1. The largest absolute Gasteiger partial charge is 0.511 e. The van der Waals surface area contributed by atoms with Crippen LogP contribution >= 0.6 is 0 Å². The molecule has 8 nitrogen and oxygen atoms in total. The molecule has 122 valence electrons. The molecule has 0 bridgehead atoms. The fourth-order valence-electron chi connectivity index (χ4n) is 1.42. The third kappa shape index (κ3) is 4.39. The lowest BCUT2D eigenvalue weighted by Crippen LogP contribution is -2.47. The molecule has 0 fully saturated rings. The van der Waals surface area contributed by atoms with Crippen LogP contribution in [0.4, 0.5) is 18.9 Å². The van der Waals surface area contributed by atoms with Crippen LogP contribution < -0.4 is 4.72 Å². The monoisotopic (exact) mass is 342 g/mol. The van der Waals surface area contributed by atoms with Gasteiger partial charge in [-0.15, -0.1) is 0 Å². The normalized spacial score (nSPS) is 13.6. The summed E-state index contributed by atoms with van der Waals surface area (Å²) in [5.74, 6) is -1.81. The van der Waals surface area contributed by atoms with Gasteiger partial charge in [0.05, 0.1) is 4.92 Å². The molecule has 2 N–H and O–H groups in total. The van der Waals surface area contributed by atoms with Crippen molar-refractivity contribution in [1.29, 1.82) is 0 Å². The van der Waals surface area contributed by atoms with Crippen LogP contribution in [0.5, 0.6) is 0 Å². The van der Waals surface area contributed by atoms with Crippen molar-refractivity contribution < 1.29 is 36.4 Å². The fraction of sp³-hybridized carbons (Fsp3) is 0.300. The first-order chi connectivity index (χ1) is 9.94. The van der Waals surface area contributed by atoms with Crippen molar-refractivity contribution >= 4 is 21.7 Å². The van der Waals surface area contributed by atoms with Gasteiger partial charge in [-0.1, -0.05) is 12.1 Å². The number of nitro groups is 1. The highest BCUT2D eigenvalue weighted by Crippen LogP contribution is 2.22. The van der Waals surface area contributed by atoms with Crippen molar-refractivity contribution in [2.24, 2.45) is 0 Å². The van der Waals surface area contributed by atoms with Gasteiger partial charge in [-0.05, 0) is 12.0 Å². The lowest BCUT2D eigenvalue weighted by atomic mass is 10.1. The van der Waals surface area contributed by atoms with Crippen LogP contribution in [0.25, 0.3) is 0 Å². The average Bonchev–Trinajstić information content (AvgIpc) is 2.36. The van der Waals surface area contributed by atoms with Gasteiger partial charge in [-0.25, -0.2) is 8.42 Å². The molecule has 1 unspecified atom stereocenters. The average molecular weight is 342 g/mol. The number of carboxylic acids is 1. The number of sulfonamides is 1. The van der Waals surface area contributed by atoms with Gasteiger partial charge >= 0.3 is 21.5 Å². The number of aliphatic carboxylic acids is 1. The summed E-state index contributed by atoms with van der Waals surface area (Å²) >= 11 is 0. The molecule has 1 aromatic carbocycles. The molecular formula is C10H9F3N2O6S. The first-order valence-electron chi connectivity index (χ1n) is 5.49. The number of non-ortho nitro benzene ring substituents is 1. The van der Waals surface area contributed by atoms with Gasteiger partial charge in [-0.2, -0.15) is 17.9 Å². The number of carboxylic acid groups (broad SMARTS) is 1. The summed E-state index contributed by atoms with van der Waals surface area (Å²) in [7, 11) is -5.82. The summed E-state index contributed by atoms with van der Waals surface area (Å²) in [6, 6.07) is 2.22. The lowest BCUT2D eigenvalue weighted by molar-refractivity contribution is -0.384. The Kier molecular flexibility index (Phi) is 5.09. The number of nitro benzene ring substituents is 1. The number of hydrogen-bond acceptors (Lipinski definition) is 5. The number of hydrogen-bond donors (Lipinski definition) is 2. The van der Waals surface area contributed by atoms with Crippen molar-refractivity contribution in [1.82, 2.24) is 4.72 Å². The maximum atomic E-state index is 12.2. The van der Waals surface area contributed by atoms with Crippen LogP contribution in [0.15, 0.2) is 24.3 Å². The van der Waals surface area contributed by atoms with Crippen molar-refractivity contribution in [3.05, 3.63) is 39.9 Å². The summed E-state index contributed by atoms with van der Waals surface area (Å²) < 4.78 is 59.5. The van der Waals surface area contributed by atoms with Crippen molar-refractivity contribution in [3.8, 4) is 0 Å². The molecule has 0 aliphatic carbocycles. The molecule has 12 heteroatoms. The molecular weight excluding hydrogens is 333 g/mol. The first kappa shape index (κ1) is 17.8. The molecule has 22 heavy (non-hydrogen) atoms. The van der Waals surface area contributed by atoms with Gasteiger partial charge in [0, 0.05) is 12.1 Å². The van der Waals surface area contributed by atoms with Crippen LogP contribution in [0, 0.1) is 10.1 Å². The Hall–Kier alpha value is -2.21. The summed E-state index contributed by atoms with van der Waals surface area (Å²) in [6.45, 7) is 0. The third-order valence-corrected chi connectivity index (χ3v) is 3.69. The van der Waals surface area contributed by atoms with Crippen LogP contribution in [0.3, 0.4) is 0 Å². The van der Waals surface area contributed by atoms with E-state index in [-0.39, 0.29) is 11.3 Å². The summed E-state index contributed by atoms with van der Waals surface area (Å²) in [5.41, 5.74) is -5.83. The van der Waals surface area contributed by atoms with Crippen LogP contribution in [0.1, 0.15) is 5.56 Å². The van der Waals surface area contributed by atoms with Crippen molar-refractivity contribution in [2.75, 3.05) is 0 Å². The van der Waals surface area contributed by atoms with E-state index in [0.29, 0.717) is 0 Å². The van der Waals surface area contributed by atoms with E-state index in [4.69, 9.17) is 5.11 Å². The van der Waals surface area contributed by atoms with Gasteiger partial charge in [0.1, 0.15) is 6.04 Å². The Balaban J connectivity index is 2.94. The van der Waals surface area contributed by atoms with E-state index < -0.39 is 38.9 Å². The molecule has 0 aliphatic heterocycles. The SMILES string of the molecule is O=C(O)C(Cc1ccc([N+](=O)[O-])cc1)NS(=O)(=O)C(F)(F)F. The minimum absolute atomic E-state index is 0.114. The number of carbonyl (C=O) groups is 1. The summed E-state index contributed by atoms with van der Waals surface area (Å²) in [4.78, 5) is 20.6. The Morgan fingerprint density at radius 3 is 2.18 bits per heavy atom. The number of rotatable bonds is 6. The van der Waals surface area contributed by atoms with E-state index in [1.54, 1.807) is 0 Å².